The third kappa shape index (κ3) is 1.31. The molecule has 86 valence electrons. The number of hydrogen-bond donors (Lipinski definition) is 0. The fourth-order valence-electron chi connectivity index (χ4n) is 2.68. The fraction of sp³-hybridized carbons (Fsp3) is 0.467. The van der Waals surface area contributed by atoms with Gasteiger partial charge in [-0.15, -0.1) is 0 Å². The van der Waals surface area contributed by atoms with Crippen LogP contribution in [0.5, 0.6) is 0 Å². The highest BCUT2D eigenvalue weighted by atomic mass is 14.9. The molecule has 2 aromatic rings. The van der Waals surface area contributed by atoms with Gasteiger partial charge in [-0.1, -0.05) is 6.92 Å². The van der Waals surface area contributed by atoms with E-state index >= 15 is 0 Å². The maximum atomic E-state index is 2.44. The second-order valence-corrected chi connectivity index (χ2v) is 4.81. The van der Waals surface area contributed by atoms with Crippen LogP contribution in [0.25, 0.3) is 5.52 Å². The van der Waals surface area contributed by atoms with Gasteiger partial charge in [0.1, 0.15) is 0 Å². The minimum Gasteiger partial charge on any atom is -0.317 e. The molecule has 0 aliphatic rings. The minimum absolute atomic E-state index is 1.10. The number of fused-ring (bicyclic) bond motifs is 1. The molecule has 0 N–H and O–H groups in total. The molecule has 0 aliphatic heterocycles. The van der Waals surface area contributed by atoms with Crippen molar-refractivity contribution in [2.24, 2.45) is 0 Å². The molecule has 0 saturated heterocycles. The predicted octanol–water partition coefficient (Wildman–Crippen LogP) is 4.04. The monoisotopic (exact) mass is 215 g/mol. The van der Waals surface area contributed by atoms with E-state index < -0.39 is 0 Å². The lowest BCUT2D eigenvalue weighted by Crippen LogP contribution is -2.03. The van der Waals surface area contributed by atoms with Crippen molar-refractivity contribution in [3.63, 3.8) is 0 Å². The van der Waals surface area contributed by atoms with Crippen LogP contribution in [0.15, 0.2) is 6.07 Å². The molecule has 1 nitrogen and oxygen atoms in total. The standard InChI is InChI=1S/C15H21N/c1-7-14-9(2)8-15-12(5)10(3)11(4)13(6)16(14)15/h8H,7H2,1-6H3. The van der Waals surface area contributed by atoms with E-state index in [2.05, 4.69) is 52.0 Å². The van der Waals surface area contributed by atoms with Gasteiger partial charge in [0, 0.05) is 16.9 Å². The number of rotatable bonds is 1. The second-order valence-electron chi connectivity index (χ2n) is 4.81. The van der Waals surface area contributed by atoms with E-state index in [1.807, 2.05) is 0 Å². The molecule has 1 heteroatoms. The number of hydrogen-bond acceptors (Lipinski definition) is 0. The smallest absolute Gasteiger partial charge is 0.0490 e. The molecule has 0 fully saturated rings. The molecule has 0 spiro atoms. The lowest BCUT2D eigenvalue weighted by molar-refractivity contribution is 0.927. The first kappa shape index (κ1) is 11.3. The normalized spacial score (nSPS) is 11.4. The summed E-state index contributed by atoms with van der Waals surface area (Å²) in [7, 11) is 0. The maximum absolute atomic E-state index is 2.44. The van der Waals surface area contributed by atoms with Gasteiger partial charge in [-0.05, 0) is 69.4 Å². The molecule has 0 saturated carbocycles. The van der Waals surface area contributed by atoms with Crippen LogP contribution in [-0.2, 0) is 6.42 Å². The van der Waals surface area contributed by atoms with Gasteiger partial charge in [0.25, 0.3) is 0 Å². The van der Waals surface area contributed by atoms with Crippen molar-refractivity contribution < 1.29 is 0 Å². The van der Waals surface area contributed by atoms with E-state index in [1.54, 1.807) is 0 Å². The zero-order valence-electron chi connectivity index (χ0n) is 11.2. The van der Waals surface area contributed by atoms with Crippen molar-refractivity contribution in [2.45, 2.75) is 48.0 Å². The van der Waals surface area contributed by atoms with Gasteiger partial charge in [-0.25, -0.2) is 0 Å². The van der Waals surface area contributed by atoms with Crippen LogP contribution in [0, 0.1) is 34.6 Å². The largest absolute Gasteiger partial charge is 0.317 e. The van der Waals surface area contributed by atoms with Crippen LogP contribution in [0.1, 0.15) is 40.6 Å². The van der Waals surface area contributed by atoms with Crippen molar-refractivity contribution in [1.82, 2.24) is 4.40 Å². The second kappa shape index (κ2) is 3.65. The Morgan fingerprint density at radius 1 is 0.938 bits per heavy atom. The molecule has 0 aromatic carbocycles. The van der Waals surface area contributed by atoms with E-state index in [9.17, 15) is 0 Å². The minimum atomic E-state index is 1.10. The first-order chi connectivity index (χ1) is 7.49. The molecule has 0 unspecified atom stereocenters. The summed E-state index contributed by atoms with van der Waals surface area (Å²) < 4.78 is 2.44. The third-order valence-electron chi connectivity index (χ3n) is 4.04. The van der Waals surface area contributed by atoms with Crippen LogP contribution in [0.4, 0.5) is 0 Å². The van der Waals surface area contributed by atoms with Gasteiger partial charge in [-0.3, -0.25) is 0 Å². The molecule has 0 radical (unpaired) electrons. The summed E-state index contributed by atoms with van der Waals surface area (Å²) in [5.41, 5.74) is 9.93. The quantitative estimate of drug-likeness (QED) is 0.676. The molecular weight excluding hydrogens is 194 g/mol. The molecule has 2 rings (SSSR count). The van der Waals surface area contributed by atoms with Gasteiger partial charge in [-0.2, -0.15) is 0 Å². The zero-order chi connectivity index (χ0) is 12.0. The Morgan fingerprint density at radius 3 is 2.12 bits per heavy atom. The summed E-state index contributed by atoms with van der Waals surface area (Å²) in [5.74, 6) is 0. The average Bonchev–Trinajstić information content (AvgIpc) is 2.60. The molecule has 0 bridgehead atoms. The number of pyridine rings is 1. The molecule has 0 atom stereocenters. The summed E-state index contributed by atoms with van der Waals surface area (Å²) in [5, 5.41) is 0. The highest BCUT2D eigenvalue weighted by molar-refractivity contribution is 5.64. The molecule has 2 heterocycles. The lowest BCUT2D eigenvalue weighted by Gasteiger charge is -2.14. The number of nitrogens with zero attached hydrogens (tertiary/aromatic N) is 1. The van der Waals surface area contributed by atoms with Gasteiger partial charge in [0.05, 0.1) is 0 Å². The topological polar surface area (TPSA) is 4.41 Å². The summed E-state index contributed by atoms with van der Waals surface area (Å²) in [6.07, 6.45) is 1.10. The number of aromatic nitrogens is 1. The molecule has 2 aromatic heterocycles. The van der Waals surface area contributed by atoms with E-state index in [4.69, 9.17) is 0 Å². The Kier molecular flexibility index (Phi) is 2.57. The predicted molar refractivity (Wildman–Crippen MR) is 70.5 cm³/mol. The van der Waals surface area contributed by atoms with Crippen LogP contribution in [0.3, 0.4) is 0 Å². The SMILES string of the molecule is CCc1c(C)cc2c(C)c(C)c(C)c(C)n12. The van der Waals surface area contributed by atoms with Crippen molar-refractivity contribution in [3.05, 3.63) is 39.7 Å². The van der Waals surface area contributed by atoms with Crippen LogP contribution in [0.2, 0.25) is 0 Å². The maximum Gasteiger partial charge on any atom is 0.0490 e. The van der Waals surface area contributed by atoms with Crippen LogP contribution in [-0.4, -0.2) is 4.40 Å². The lowest BCUT2D eigenvalue weighted by atomic mass is 10.0. The first-order valence-corrected chi connectivity index (χ1v) is 6.06. The fourth-order valence-corrected chi connectivity index (χ4v) is 2.68. The molecular formula is C15H21N. The van der Waals surface area contributed by atoms with Gasteiger partial charge in [0.15, 0.2) is 0 Å². The highest BCUT2D eigenvalue weighted by Crippen LogP contribution is 2.27. The molecule has 0 aliphatic carbocycles. The van der Waals surface area contributed by atoms with Crippen molar-refractivity contribution in [3.8, 4) is 0 Å². The Labute approximate surface area is 98.1 Å². The average molecular weight is 215 g/mol. The Hall–Kier alpha value is -1.24. The third-order valence-corrected chi connectivity index (χ3v) is 4.04. The van der Waals surface area contributed by atoms with Crippen LogP contribution >= 0.6 is 0 Å². The van der Waals surface area contributed by atoms with E-state index in [1.165, 1.54) is 39.2 Å². The van der Waals surface area contributed by atoms with Gasteiger partial charge < -0.3 is 4.40 Å². The summed E-state index contributed by atoms with van der Waals surface area (Å²) in [6, 6.07) is 2.33. The Balaban J connectivity index is 3.02. The van der Waals surface area contributed by atoms with E-state index in [0.29, 0.717) is 0 Å². The number of aryl methyl sites for hydroxylation is 4. The van der Waals surface area contributed by atoms with E-state index in [-0.39, 0.29) is 0 Å². The van der Waals surface area contributed by atoms with E-state index in [0.717, 1.165) is 6.42 Å². The summed E-state index contributed by atoms with van der Waals surface area (Å²) in [4.78, 5) is 0. The molecule has 0 amide bonds. The van der Waals surface area contributed by atoms with Crippen molar-refractivity contribution >= 4 is 5.52 Å². The first-order valence-electron chi connectivity index (χ1n) is 6.06. The van der Waals surface area contributed by atoms with Crippen LogP contribution < -0.4 is 0 Å². The summed E-state index contributed by atoms with van der Waals surface area (Å²) >= 11 is 0. The zero-order valence-corrected chi connectivity index (χ0v) is 11.2. The Bertz CT molecular complexity index is 559. The van der Waals surface area contributed by atoms with Crippen molar-refractivity contribution in [2.75, 3.05) is 0 Å². The Morgan fingerprint density at radius 2 is 1.56 bits per heavy atom. The van der Waals surface area contributed by atoms with Gasteiger partial charge in [0.2, 0.25) is 0 Å². The van der Waals surface area contributed by atoms with Gasteiger partial charge >= 0.3 is 0 Å². The molecule has 16 heavy (non-hydrogen) atoms. The summed E-state index contributed by atoms with van der Waals surface area (Å²) in [6.45, 7) is 13.4. The highest BCUT2D eigenvalue weighted by Gasteiger charge is 2.13. The van der Waals surface area contributed by atoms with Crippen molar-refractivity contribution in [1.29, 1.82) is 0 Å².